The Balaban J connectivity index is 1.83. The lowest BCUT2D eigenvalue weighted by atomic mass is 9.97. The summed E-state index contributed by atoms with van der Waals surface area (Å²) in [6.45, 7) is 3.52. The number of thiazole rings is 1. The lowest BCUT2D eigenvalue weighted by Gasteiger charge is -2.24. The first kappa shape index (κ1) is 25.3. The van der Waals surface area contributed by atoms with Gasteiger partial charge in [-0.1, -0.05) is 23.0 Å². The molecule has 0 spiro atoms. The Morgan fingerprint density at radius 1 is 1.00 bits per heavy atom. The number of carbonyl (C=O) groups excluding carboxylic acids is 2. The maximum atomic E-state index is 13.9. The largest absolute Gasteiger partial charge is 0.493 e. The average molecular weight is 537 g/mol. The SMILES string of the molecule is COC(=O)c1sc(N2C(=O)c3oc4ccc(C)cc4c(=O)c3C2c2cc(OC)c(OC)c(OC)c2)nc1C. The second kappa shape index (κ2) is 9.49. The fourth-order valence-electron chi connectivity index (χ4n) is 4.63. The Labute approximate surface area is 221 Å². The number of aryl methyl sites for hydroxylation is 2. The molecule has 1 aliphatic heterocycles. The van der Waals surface area contributed by atoms with Crippen molar-refractivity contribution in [1.29, 1.82) is 0 Å². The first-order valence-corrected chi connectivity index (χ1v) is 12.3. The van der Waals surface area contributed by atoms with Gasteiger partial charge in [0, 0.05) is 0 Å². The van der Waals surface area contributed by atoms with E-state index in [1.165, 1.54) is 33.3 Å². The van der Waals surface area contributed by atoms with Crippen molar-refractivity contribution in [2.45, 2.75) is 19.9 Å². The molecule has 2 aromatic carbocycles. The lowest BCUT2D eigenvalue weighted by molar-refractivity contribution is 0.0605. The van der Waals surface area contributed by atoms with E-state index in [-0.39, 0.29) is 26.8 Å². The number of ether oxygens (including phenoxy) is 4. The molecule has 0 saturated heterocycles. The van der Waals surface area contributed by atoms with Crippen LogP contribution in [-0.2, 0) is 4.74 Å². The molecule has 196 valence electrons. The molecule has 1 amide bonds. The average Bonchev–Trinajstić information content (AvgIpc) is 3.44. The number of esters is 1. The summed E-state index contributed by atoms with van der Waals surface area (Å²) in [5.41, 5.74) is 1.86. The summed E-state index contributed by atoms with van der Waals surface area (Å²) in [5.74, 6) is -0.200. The Bertz CT molecular complexity index is 1650. The molecule has 11 heteroatoms. The van der Waals surface area contributed by atoms with Gasteiger partial charge >= 0.3 is 5.97 Å². The Hall–Kier alpha value is -4.38. The van der Waals surface area contributed by atoms with Crippen molar-refractivity contribution in [2.24, 2.45) is 0 Å². The zero-order valence-corrected chi connectivity index (χ0v) is 22.3. The fourth-order valence-corrected chi connectivity index (χ4v) is 5.64. The van der Waals surface area contributed by atoms with E-state index < -0.39 is 17.9 Å². The minimum absolute atomic E-state index is 0.0995. The van der Waals surface area contributed by atoms with E-state index in [0.717, 1.165) is 16.9 Å². The molecule has 1 atom stereocenters. The normalized spacial score (nSPS) is 14.5. The van der Waals surface area contributed by atoms with Gasteiger partial charge in [-0.2, -0.15) is 0 Å². The van der Waals surface area contributed by atoms with Gasteiger partial charge in [-0.25, -0.2) is 9.78 Å². The van der Waals surface area contributed by atoms with Crippen LogP contribution in [0.1, 0.15) is 48.7 Å². The Morgan fingerprint density at radius 3 is 2.29 bits per heavy atom. The molecule has 1 unspecified atom stereocenters. The quantitative estimate of drug-likeness (QED) is 0.330. The lowest BCUT2D eigenvalue weighted by Crippen LogP contribution is -2.29. The van der Waals surface area contributed by atoms with Crippen LogP contribution in [0.4, 0.5) is 5.13 Å². The zero-order valence-electron chi connectivity index (χ0n) is 21.5. The van der Waals surface area contributed by atoms with Crippen molar-refractivity contribution in [3.8, 4) is 17.2 Å². The molecular weight excluding hydrogens is 512 g/mol. The molecule has 0 radical (unpaired) electrons. The fraction of sp³-hybridized carbons (Fsp3) is 0.259. The second-order valence-electron chi connectivity index (χ2n) is 8.61. The van der Waals surface area contributed by atoms with Crippen LogP contribution in [0.5, 0.6) is 17.2 Å². The molecule has 0 N–H and O–H groups in total. The van der Waals surface area contributed by atoms with Crippen LogP contribution in [0.15, 0.2) is 39.5 Å². The second-order valence-corrected chi connectivity index (χ2v) is 9.59. The van der Waals surface area contributed by atoms with E-state index in [9.17, 15) is 14.4 Å². The summed E-state index contributed by atoms with van der Waals surface area (Å²) < 4.78 is 27.4. The third-order valence-corrected chi connectivity index (χ3v) is 7.53. The molecule has 5 rings (SSSR count). The highest BCUT2D eigenvalue weighted by Gasteiger charge is 2.46. The highest BCUT2D eigenvalue weighted by molar-refractivity contribution is 7.17. The Morgan fingerprint density at radius 2 is 1.68 bits per heavy atom. The number of fused-ring (bicyclic) bond motifs is 2. The van der Waals surface area contributed by atoms with Crippen LogP contribution < -0.4 is 24.5 Å². The van der Waals surface area contributed by atoms with E-state index in [4.69, 9.17) is 23.4 Å². The number of aromatic nitrogens is 1. The summed E-state index contributed by atoms with van der Waals surface area (Å²) in [6.07, 6.45) is 0. The van der Waals surface area contributed by atoms with Crippen LogP contribution in [0.3, 0.4) is 0 Å². The topological polar surface area (TPSA) is 117 Å². The number of benzene rings is 2. The van der Waals surface area contributed by atoms with Crippen LogP contribution in [0.25, 0.3) is 11.0 Å². The molecule has 0 saturated carbocycles. The number of hydrogen-bond donors (Lipinski definition) is 0. The van der Waals surface area contributed by atoms with Gasteiger partial charge in [0.2, 0.25) is 11.5 Å². The number of anilines is 1. The molecule has 0 aliphatic carbocycles. The number of hydrogen-bond acceptors (Lipinski definition) is 10. The number of methoxy groups -OCH3 is 4. The minimum atomic E-state index is -0.955. The minimum Gasteiger partial charge on any atom is -0.493 e. The molecule has 38 heavy (non-hydrogen) atoms. The summed E-state index contributed by atoms with van der Waals surface area (Å²) in [4.78, 5) is 46.2. The Kier molecular flexibility index (Phi) is 6.31. The van der Waals surface area contributed by atoms with Gasteiger partial charge in [0.15, 0.2) is 22.1 Å². The van der Waals surface area contributed by atoms with Gasteiger partial charge in [0.25, 0.3) is 5.91 Å². The summed E-state index contributed by atoms with van der Waals surface area (Å²) >= 11 is 0.991. The van der Waals surface area contributed by atoms with Crippen molar-refractivity contribution in [1.82, 2.24) is 4.98 Å². The van der Waals surface area contributed by atoms with Crippen LogP contribution in [0, 0.1) is 13.8 Å². The van der Waals surface area contributed by atoms with Crippen molar-refractivity contribution in [2.75, 3.05) is 33.3 Å². The van der Waals surface area contributed by atoms with E-state index >= 15 is 0 Å². The van der Waals surface area contributed by atoms with Gasteiger partial charge in [0.05, 0.1) is 51.1 Å². The van der Waals surface area contributed by atoms with Gasteiger partial charge < -0.3 is 23.4 Å². The van der Waals surface area contributed by atoms with E-state index in [2.05, 4.69) is 4.98 Å². The van der Waals surface area contributed by atoms with Gasteiger partial charge in [-0.3, -0.25) is 14.5 Å². The van der Waals surface area contributed by atoms with Crippen molar-refractivity contribution >= 4 is 39.3 Å². The number of nitrogens with zero attached hydrogens (tertiary/aromatic N) is 2. The molecule has 4 aromatic rings. The predicted octanol–water partition coefficient (Wildman–Crippen LogP) is 4.43. The third-order valence-electron chi connectivity index (χ3n) is 6.39. The van der Waals surface area contributed by atoms with E-state index in [0.29, 0.717) is 39.5 Å². The van der Waals surface area contributed by atoms with Crippen molar-refractivity contribution in [3.05, 3.63) is 73.6 Å². The van der Waals surface area contributed by atoms with Crippen LogP contribution in [-0.4, -0.2) is 45.3 Å². The molecule has 0 bridgehead atoms. The van der Waals surface area contributed by atoms with Crippen LogP contribution in [0.2, 0.25) is 0 Å². The standard InChI is InChI=1S/C27H24N2O8S/c1-12-7-8-16-15(9-12)21(30)19-20(14-10-17(33-3)22(35-5)18(11-14)34-4)29(25(31)23(19)37-16)27-28-13(2)24(38-27)26(32)36-6/h7-11,20H,1-6H3. The summed E-state index contributed by atoms with van der Waals surface area (Å²) in [5, 5.41) is 0.555. The number of amides is 1. The molecule has 0 fully saturated rings. The number of carbonyl (C=O) groups is 2. The van der Waals surface area contributed by atoms with Gasteiger partial charge in [-0.05, 0) is 43.7 Å². The van der Waals surface area contributed by atoms with Crippen molar-refractivity contribution < 1.29 is 33.0 Å². The maximum absolute atomic E-state index is 13.9. The van der Waals surface area contributed by atoms with Crippen molar-refractivity contribution in [3.63, 3.8) is 0 Å². The van der Waals surface area contributed by atoms with E-state index in [1.54, 1.807) is 37.3 Å². The molecule has 2 aromatic heterocycles. The molecule has 3 heterocycles. The third kappa shape index (κ3) is 3.77. The predicted molar refractivity (Wildman–Crippen MR) is 140 cm³/mol. The van der Waals surface area contributed by atoms with Crippen LogP contribution >= 0.6 is 11.3 Å². The summed E-state index contributed by atoms with van der Waals surface area (Å²) in [7, 11) is 5.71. The summed E-state index contributed by atoms with van der Waals surface area (Å²) in [6, 6.07) is 7.58. The number of rotatable bonds is 6. The first-order valence-electron chi connectivity index (χ1n) is 11.5. The highest BCUT2D eigenvalue weighted by Crippen LogP contribution is 2.47. The molecule has 10 nitrogen and oxygen atoms in total. The highest BCUT2D eigenvalue weighted by atomic mass is 32.1. The van der Waals surface area contributed by atoms with E-state index in [1.807, 2.05) is 6.92 Å². The molecular formula is C27H24N2O8S. The van der Waals surface area contributed by atoms with Gasteiger partial charge in [-0.15, -0.1) is 0 Å². The molecule has 1 aliphatic rings. The smallest absolute Gasteiger partial charge is 0.350 e. The monoisotopic (exact) mass is 536 g/mol. The van der Waals surface area contributed by atoms with Gasteiger partial charge in [0.1, 0.15) is 10.5 Å². The first-order chi connectivity index (χ1) is 18.2. The zero-order chi connectivity index (χ0) is 27.3. The maximum Gasteiger partial charge on any atom is 0.350 e.